The smallest absolute Gasteiger partial charge is 0.150 e. The molecule has 3 aromatic rings. The number of allylic oxidation sites excluding steroid dienone is 1. The Morgan fingerprint density at radius 1 is 0.972 bits per heavy atom. The van der Waals surface area contributed by atoms with Gasteiger partial charge in [0, 0.05) is 24.2 Å². The third kappa shape index (κ3) is 5.05. The molecule has 2 heterocycles. The van der Waals surface area contributed by atoms with E-state index in [0.29, 0.717) is 0 Å². The minimum absolute atomic E-state index is 0.220. The average molecular weight is 482 g/mol. The van der Waals surface area contributed by atoms with Crippen molar-refractivity contribution in [3.8, 4) is 17.2 Å². The Hall–Kier alpha value is -3.50. The summed E-state index contributed by atoms with van der Waals surface area (Å²) >= 11 is 0. The molecule has 2 aliphatic rings. The lowest BCUT2D eigenvalue weighted by Crippen LogP contribution is -2.19. The summed E-state index contributed by atoms with van der Waals surface area (Å²) in [5.41, 5.74) is 6.79. The molecule has 4 heteroatoms. The number of fused-ring (bicyclic) bond motifs is 1. The molecule has 0 bridgehead atoms. The van der Waals surface area contributed by atoms with Crippen LogP contribution in [0.4, 0.5) is 0 Å². The molecule has 0 N–H and O–H groups in total. The van der Waals surface area contributed by atoms with E-state index in [2.05, 4.69) is 73.4 Å². The van der Waals surface area contributed by atoms with Crippen molar-refractivity contribution in [3.63, 3.8) is 0 Å². The van der Waals surface area contributed by atoms with Crippen molar-refractivity contribution in [2.45, 2.75) is 26.4 Å². The van der Waals surface area contributed by atoms with E-state index in [1.165, 1.54) is 30.6 Å². The highest BCUT2D eigenvalue weighted by Crippen LogP contribution is 2.47. The summed E-state index contributed by atoms with van der Waals surface area (Å²) in [5.74, 6) is 3.33. The summed E-state index contributed by atoms with van der Waals surface area (Å²) in [6.07, 6.45) is 5.59. The highest BCUT2D eigenvalue weighted by molar-refractivity contribution is 5.96. The van der Waals surface area contributed by atoms with Gasteiger partial charge in [0.2, 0.25) is 0 Å². The van der Waals surface area contributed by atoms with Gasteiger partial charge in [-0.25, -0.2) is 0 Å². The molecule has 2 aliphatic heterocycles. The van der Waals surface area contributed by atoms with E-state index in [0.717, 1.165) is 52.0 Å². The van der Waals surface area contributed by atoms with Crippen LogP contribution in [0, 0.1) is 5.92 Å². The predicted octanol–water partition coefficient (Wildman–Crippen LogP) is 7.12. The minimum atomic E-state index is -0.220. The van der Waals surface area contributed by atoms with Crippen LogP contribution in [0.15, 0.2) is 72.8 Å². The Morgan fingerprint density at radius 3 is 2.47 bits per heavy atom. The van der Waals surface area contributed by atoms with E-state index < -0.39 is 0 Å². The van der Waals surface area contributed by atoms with Crippen molar-refractivity contribution in [1.82, 2.24) is 4.90 Å². The fraction of sp³-hybridized carbons (Fsp3) is 0.312. The zero-order valence-corrected chi connectivity index (χ0v) is 21.7. The molecular weight excluding hydrogens is 446 g/mol. The van der Waals surface area contributed by atoms with Crippen molar-refractivity contribution in [2.24, 2.45) is 5.92 Å². The van der Waals surface area contributed by atoms with Gasteiger partial charge in [0.05, 0.1) is 14.2 Å². The largest absolute Gasteiger partial charge is 0.497 e. The highest BCUT2D eigenvalue weighted by Gasteiger charge is 2.29. The summed E-state index contributed by atoms with van der Waals surface area (Å²) in [7, 11) is 3.39. The van der Waals surface area contributed by atoms with Crippen LogP contribution in [-0.2, 0) is 0 Å². The number of likely N-dealkylation sites (tertiary alicyclic amines) is 1. The van der Waals surface area contributed by atoms with Crippen LogP contribution < -0.4 is 14.2 Å². The maximum absolute atomic E-state index is 6.65. The number of methoxy groups -OCH3 is 2. The fourth-order valence-corrected chi connectivity index (χ4v) is 5.26. The van der Waals surface area contributed by atoms with Gasteiger partial charge in [-0.05, 0) is 78.4 Å². The van der Waals surface area contributed by atoms with Crippen LogP contribution >= 0.6 is 0 Å². The second kappa shape index (κ2) is 10.6. The molecule has 2 atom stereocenters. The first-order chi connectivity index (χ1) is 17.6. The Kier molecular flexibility index (Phi) is 7.15. The molecule has 1 fully saturated rings. The Bertz CT molecular complexity index is 1270. The molecule has 0 amide bonds. The van der Waals surface area contributed by atoms with E-state index >= 15 is 0 Å². The topological polar surface area (TPSA) is 30.9 Å². The van der Waals surface area contributed by atoms with E-state index in [1.807, 2.05) is 24.3 Å². The Morgan fingerprint density at radius 2 is 1.75 bits per heavy atom. The van der Waals surface area contributed by atoms with Crippen molar-refractivity contribution < 1.29 is 14.2 Å². The van der Waals surface area contributed by atoms with E-state index in [1.54, 1.807) is 14.2 Å². The maximum atomic E-state index is 6.65. The van der Waals surface area contributed by atoms with Gasteiger partial charge < -0.3 is 14.2 Å². The standard InChI is InChI=1S/C32H35NO3/c1-22-16-18-33(21-22)17-6-7-24-10-12-25(13-11-24)32-31(26-8-5-9-27(19-26)34-3)23(2)29-20-28(35-4)14-15-30(29)36-32/h5-15,19-20,22,32H,16-18,21H2,1-4H3/b7-6-/t22-,32?/m1/s1. The lowest BCUT2D eigenvalue weighted by molar-refractivity contribution is 0.259. The first-order valence-electron chi connectivity index (χ1n) is 12.7. The summed E-state index contributed by atoms with van der Waals surface area (Å²) in [5, 5.41) is 0. The van der Waals surface area contributed by atoms with Crippen LogP contribution in [0.1, 0.15) is 48.6 Å². The van der Waals surface area contributed by atoms with Crippen LogP contribution in [0.2, 0.25) is 0 Å². The molecule has 0 aliphatic carbocycles. The summed E-state index contributed by atoms with van der Waals surface area (Å²) in [6.45, 7) is 7.92. The molecule has 0 saturated carbocycles. The molecule has 5 rings (SSSR count). The van der Waals surface area contributed by atoms with E-state index in [-0.39, 0.29) is 6.10 Å². The number of hydrogen-bond donors (Lipinski definition) is 0. The molecule has 36 heavy (non-hydrogen) atoms. The first-order valence-corrected chi connectivity index (χ1v) is 12.7. The predicted molar refractivity (Wildman–Crippen MR) is 148 cm³/mol. The molecule has 1 saturated heterocycles. The Balaban J connectivity index is 1.46. The van der Waals surface area contributed by atoms with Gasteiger partial charge in [0.25, 0.3) is 0 Å². The number of rotatable bonds is 7. The van der Waals surface area contributed by atoms with Crippen molar-refractivity contribution in [2.75, 3.05) is 33.9 Å². The summed E-state index contributed by atoms with van der Waals surface area (Å²) < 4.78 is 17.7. The number of benzene rings is 3. The number of hydrogen-bond acceptors (Lipinski definition) is 4. The third-order valence-corrected chi connectivity index (χ3v) is 7.30. The quantitative estimate of drug-likeness (QED) is 0.359. The SMILES string of the molecule is COc1cccc(C2=C(C)c3cc(OC)ccc3OC2c2ccc(/C=C\CN3CC[C@@H](C)C3)cc2)c1. The normalized spacial score (nSPS) is 19.9. The third-order valence-electron chi connectivity index (χ3n) is 7.30. The zero-order chi connectivity index (χ0) is 25.1. The lowest BCUT2D eigenvalue weighted by atomic mass is 9.86. The van der Waals surface area contributed by atoms with Crippen molar-refractivity contribution in [1.29, 1.82) is 0 Å². The lowest BCUT2D eigenvalue weighted by Gasteiger charge is -2.31. The molecule has 1 unspecified atom stereocenters. The van der Waals surface area contributed by atoms with Crippen LogP contribution in [0.25, 0.3) is 17.2 Å². The van der Waals surface area contributed by atoms with Gasteiger partial charge in [0.15, 0.2) is 0 Å². The Labute approximate surface area is 214 Å². The van der Waals surface area contributed by atoms with Crippen LogP contribution in [-0.4, -0.2) is 38.8 Å². The van der Waals surface area contributed by atoms with Crippen molar-refractivity contribution >= 4 is 17.2 Å². The molecule has 186 valence electrons. The van der Waals surface area contributed by atoms with Crippen LogP contribution in [0.5, 0.6) is 17.2 Å². The van der Waals surface area contributed by atoms with Gasteiger partial charge in [-0.15, -0.1) is 0 Å². The second-order valence-corrected chi connectivity index (χ2v) is 9.85. The molecule has 0 radical (unpaired) electrons. The van der Waals surface area contributed by atoms with Gasteiger partial charge in [-0.1, -0.05) is 55.5 Å². The van der Waals surface area contributed by atoms with Crippen molar-refractivity contribution in [3.05, 3.63) is 95.1 Å². The summed E-state index contributed by atoms with van der Waals surface area (Å²) in [6, 6.07) is 23.0. The molecule has 4 nitrogen and oxygen atoms in total. The van der Waals surface area contributed by atoms with Gasteiger partial charge in [-0.3, -0.25) is 4.90 Å². The van der Waals surface area contributed by atoms with Gasteiger partial charge in [-0.2, -0.15) is 0 Å². The molecular formula is C32H35NO3. The minimum Gasteiger partial charge on any atom is -0.497 e. The van der Waals surface area contributed by atoms with E-state index in [9.17, 15) is 0 Å². The van der Waals surface area contributed by atoms with Crippen LogP contribution in [0.3, 0.4) is 0 Å². The molecule has 3 aromatic carbocycles. The summed E-state index contributed by atoms with van der Waals surface area (Å²) in [4.78, 5) is 2.52. The monoisotopic (exact) mass is 481 g/mol. The molecule has 0 spiro atoms. The molecule has 0 aromatic heterocycles. The number of nitrogens with zero attached hydrogens (tertiary/aromatic N) is 1. The second-order valence-electron chi connectivity index (χ2n) is 9.85. The fourth-order valence-electron chi connectivity index (χ4n) is 5.26. The highest BCUT2D eigenvalue weighted by atomic mass is 16.5. The van der Waals surface area contributed by atoms with E-state index in [4.69, 9.17) is 14.2 Å². The number of ether oxygens (including phenoxy) is 3. The zero-order valence-electron chi connectivity index (χ0n) is 21.7. The first kappa shape index (κ1) is 24.2. The van der Waals surface area contributed by atoms with Gasteiger partial charge >= 0.3 is 0 Å². The maximum Gasteiger partial charge on any atom is 0.150 e. The average Bonchev–Trinajstić information content (AvgIpc) is 3.33. The van der Waals surface area contributed by atoms with Gasteiger partial charge in [0.1, 0.15) is 23.4 Å².